The van der Waals surface area contributed by atoms with E-state index in [9.17, 15) is 5.11 Å². The Morgan fingerprint density at radius 3 is 2.67 bits per heavy atom. The normalized spacial score (nSPS) is 12.1. The molecule has 0 heterocycles. The second-order valence-corrected chi connectivity index (χ2v) is 5.17. The summed E-state index contributed by atoms with van der Waals surface area (Å²) in [6, 6.07) is 8.05. The van der Waals surface area contributed by atoms with Crippen molar-refractivity contribution in [3.63, 3.8) is 0 Å². The van der Waals surface area contributed by atoms with Gasteiger partial charge in [0.2, 0.25) is 0 Å². The maximum absolute atomic E-state index is 9.57. The standard InChI is InChI=1S/C12H13BrOS/c1-2-3-4-11(14)9-15-12-7-5-10(13)6-8-12/h1,5-8,11,14H,3-4,9H2. The highest BCUT2D eigenvalue weighted by atomic mass is 79.9. The smallest absolute Gasteiger partial charge is 0.0643 e. The molecule has 0 fully saturated rings. The van der Waals surface area contributed by atoms with E-state index in [1.54, 1.807) is 11.8 Å². The number of terminal acetylenes is 1. The van der Waals surface area contributed by atoms with Crippen molar-refractivity contribution in [1.82, 2.24) is 0 Å². The van der Waals surface area contributed by atoms with Gasteiger partial charge in [0.15, 0.2) is 0 Å². The maximum atomic E-state index is 9.57. The number of rotatable bonds is 5. The van der Waals surface area contributed by atoms with Crippen LogP contribution in [0.2, 0.25) is 0 Å². The summed E-state index contributed by atoms with van der Waals surface area (Å²) in [5, 5.41) is 9.57. The molecule has 80 valence electrons. The number of halogens is 1. The summed E-state index contributed by atoms with van der Waals surface area (Å²) in [5.41, 5.74) is 0. The molecule has 0 spiro atoms. The SMILES string of the molecule is C#CCCC(O)CSc1ccc(Br)cc1. The van der Waals surface area contributed by atoms with Gasteiger partial charge in [0.25, 0.3) is 0 Å². The first-order valence-electron chi connectivity index (χ1n) is 4.72. The minimum absolute atomic E-state index is 0.310. The van der Waals surface area contributed by atoms with Gasteiger partial charge in [-0.05, 0) is 30.7 Å². The molecule has 0 amide bonds. The van der Waals surface area contributed by atoms with Crippen molar-refractivity contribution in [1.29, 1.82) is 0 Å². The van der Waals surface area contributed by atoms with Crippen LogP contribution >= 0.6 is 27.7 Å². The van der Waals surface area contributed by atoms with Crippen LogP contribution < -0.4 is 0 Å². The quantitative estimate of drug-likeness (QED) is 0.661. The molecular weight excluding hydrogens is 272 g/mol. The summed E-state index contributed by atoms with van der Waals surface area (Å²) >= 11 is 5.03. The molecule has 1 aromatic rings. The molecule has 15 heavy (non-hydrogen) atoms. The van der Waals surface area contributed by atoms with E-state index < -0.39 is 0 Å². The number of thioether (sulfide) groups is 1. The fraction of sp³-hybridized carbons (Fsp3) is 0.333. The Morgan fingerprint density at radius 1 is 1.40 bits per heavy atom. The molecule has 0 saturated heterocycles. The van der Waals surface area contributed by atoms with Crippen LogP contribution in [0.1, 0.15) is 12.8 Å². The van der Waals surface area contributed by atoms with Crippen molar-refractivity contribution in [2.45, 2.75) is 23.8 Å². The highest BCUT2D eigenvalue weighted by Gasteiger charge is 2.03. The summed E-state index contributed by atoms with van der Waals surface area (Å²) in [6.07, 6.45) is 6.14. The van der Waals surface area contributed by atoms with E-state index >= 15 is 0 Å². The van der Waals surface area contributed by atoms with Crippen molar-refractivity contribution in [2.24, 2.45) is 0 Å². The number of hydrogen-bond acceptors (Lipinski definition) is 2. The molecule has 1 aromatic carbocycles. The van der Waals surface area contributed by atoms with Crippen molar-refractivity contribution in [3.05, 3.63) is 28.7 Å². The summed E-state index contributed by atoms with van der Waals surface area (Å²) in [5.74, 6) is 3.23. The largest absolute Gasteiger partial charge is 0.392 e. The molecule has 1 unspecified atom stereocenters. The van der Waals surface area contributed by atoms with Crippen molar-refractivity contribution < 1.29 is 5.11 Å². The van der Waals surface area contributed by atoms with E-state index in [4.69, 9.17) is 6.42 Å². The Balaban J connectivity index is 2.31. The van der Waals surface area contributed by atoms with Crippen LogP contribution in [0.5, 0.6) is 0 Å². The highest BCUT2D eigenvalue weighted by molar-refractivity contribution is 9.10. The lowest BCUT2D eigenvalue weighted by molar-refractivity contribution is 0.191. The second-order valence-electron chi connectivity index (χ2n) is 3.16. The lowest BCUT2D eigenvalue weighted by atomic mass is 10.2. The maximum Gasteiger partial charge on any atom is 0.0643 e. The van der Waals surface area contributed by atoms with Crippen LogP contribution in [0.4, 0.5) is 0 Å². The van der Waals surface area contributed by atoms with Gasteiger partial charge >= 0.3 is 0 Å². The summed E-state index contributed by atoms with van der Waals surface area (Å²) in [7, 11) is 0. The average molecular weight is 285 g/mol. The number of aliphatic hydroxyl groups is 1. The zero-order valence-corrected chi connectivity index (χ0v) is 10.7. The molecule has 0 aliphatic heterocycles. The molecule has 0 radical (unpaired) electrons. The number of hydrogen-bond donors (Lipinski definition) is 1. The van der Waals surface area contributed by atoms with E-state index in [2.05, 4.69) is 21.9 Å². The van der Waals surface area contributed by atoms with Gasteiger partial charge in [0.05, 0.1) is 6.10 Å². The first-order valence-corrected chi connectivity index (χ1v) is 6.50. The van der Waals surface area contributed by atoms with E-state index in [0.717, 1.165) is 9.37 Å². The van der Waals surface area contributed by atoms with Crippen molar-refractivity contribution in [3.8, 4) is 12.3 Å². The third kappa shape index (κ3) is 5.27. The summed E-state index contributed by atoms with van der Waals surface area (Å²) < 4.78 is 1.07. The van der Waals surface area contributed by atoms with Gasteiger partial charge in [-0.3, -0.25) is 0 Å². The molecule has 0 bridgehead atoms. The monoisotopic (exact) mass is 284 g/mol. The molecule has 0 saturated carbocycles. The Labute approximate surface area is 103 Å². The fourth-order valence-electron chi connectivity index (χ4n) is 1.06. The van der Waals surface area contributed by atoms with Gasteiger partial charge in [0.1, 0.15) is 0 Å². The zero-order chi connectivity index (χ0) is 11.1. The first kappa shape index (κ1) is 12.6. The van der Waals surface area contributed by atoms with Crippen LogP contribution in [-0.2, 0) is 0 Å². The van der Waals surface area contributed by atoms with Crippen LogP contribution in [0.15, 0.2) is 33.6 Å². The van der Waals surface area contributed by atoms with E-state index in [1.165, 1.54) is 0 Å². The van der Waals surface area contributed by atoms with Gasteiger partial charge in [-0.2, -0.15) is 0 Å². The lowest BCUT2D eigenvalue weighted by Crippen LogP contribution is -2.08. The van der Waals surface area contributed by atoms with E-state index in [0.29, 0.717) is 18.6 Å². The van der Waals surface area contributed by atoms with Crippen molar-refractivity contribution in [2.75, 3.05) is 5.75 Å². The molecule has 0 aliphatic rings. The Bertz CT molecular complexity index is 328. The molecule has 1 nitrogen and oxygen atoms in total. The lowest BCUT2D eigenvalue weighted by Gasteiger charge is -2.08. The zero-order valence-electron chi connectivity index (χ0n) is 8.32. The van der Waals surface area contributed by atoms with Crippen LogP contribution in [-0.4, -0.2) is 17.0 Å². The summed E-state index contributed by atoms with van der Waals surface area (Å²) in [4.78, 5) is 1.16. The predicted octanol–water partition coefficient (Wildman–Crippen LogP) is 3.32. The highest BCUT2D eigenvalue weighted by Crippen LogP contribution is 2.21. The van der Waals surface area contributed by atoms with Gasteiger partial charge in [-0.25, -0.2) is 0 Å². The van der Waals surface area contributed by atoms with Crippen LogP contribution in [0.3, 0.4) is 0 Å². The minimum atomic E-state index is -0.310. The molecule has 0 aromatic heterocycles. The molecule has 0 aliphatic carbocycles. The molecule has 1 atom stereocenters. The summed E-state index contributed by atoms with van der Waals surface area (Å²) in [6.45, 7) is 0. The van der Waals surface area contributed by atoms with Gasteiger partial charge in [-0.15, -0.1) is 24.1 Å². The Kier molecular flexibility index (Phi) is 5.85. The predicted molar refractivity (Wildman–Crippen MR) is 68.9 cm³/mol. The number of benzene rings is 1. The fourth-order valence-corrected chi connectivity index (χ4v) is 2.20. The van der Waals surface area contributed by atoms with Gasteiger partial charge < -0.3 is 5.11 Å². The van der Waals surface area contributed by atoms with Gasteiger partial charge in [-0.1, -0.05) is 15.9 Å². The third-order valence-corrected chi connectivity index (χ3v) is 3.56. The van der Waals surface area contributed by atoms with E-state index in [1.807, 2.05) is 24.3 Å². The van der Waals surface area contributed by atoms with E-state index in [-0.39, 0.29) is 6.10 Å². The molecular formula is C12H13BrOS. The molecule has 1 N–H and O–H groups in total. The van der Waals surface area contributed by atoms with Crippen LogP contribution in [0.25, 0.3) is 0 Å². The average Bonchev–Trinajstić information content (AvgIpc) is 2.25. The first-order chi connectivity index (χ1) is 7.22. The molecule has 1 rings (SSSR count). The topological polar surface area (TPSA) is 20.2 Å². The molecule has 3 heteroatoms. The van der Waals surface area contributed by atoms with Crippen LogP contribution in [0, 0.1) is 12.3 Å². The number of aliphatic hydroxyl groups excluding tert-OH is 1. The van der Waals surface area contributed by atoms with Crippen molar-refractivity contribution >= 4 is 27.7 Å². The third-order valence-electron chi connectivity index (χ3n) is 1.88. The second kappa shape index (κ2) is 6.95. The minimum Gasteiger partial charge on any atom is -0.392 e. The Hall–Kier alpha value is -0.430. The van der Waals surface area contributed by atoms with Gasteiger partial charge in [0, 0.05) is 21.5 Å². The Morgan fingerprint density at radius 2 is 2.07 bits per heavy atom.